The van der Waals surface area contributed by atoms with Gasteiger partial charge in [0.05, 0.1) is 16.8 Å². The van der Waals surface area contributed by atoms with Crippen molar-refractivity contribution in [3.05, 3.63) is 307 Å². The number of rotatable bonds is 8. The highest BCUT2D eigenvalue weighted by molar-refractivity contribution is 6.06. The topological polar surface area (TPSA) is 3.24 Å². The highest BCUT2D eigenvalue weighted by atomic mass is 15.1. The van der Waals surface area contributed by atoms with Gasteiger partial charge in [-0.2, -0.15) is 0 Å². The van der Waals surface area contributed by atoms with E-state index in [1.165, 1.54) is 105 Å². The third kappa shape index (κ3) is 6.41. The molecule has 336 valence electrons. The molecule has 14 rings (SSSR count). The summed E-state index contributed by atoms with van der Waals surface area (Å²) in [6, 6.07) is 105. The highest BCUT2D eigenvalue weighted by Gasteiger charge is 2.52. The molecule has 1 nitrogen and oxygen atoms in total. The molecule has 12 aromatic rings. The van der Waals surface area contributed by atoms with Gasteiger partial charge >= 0.3 is 0 Å². The zero-order chi connectivity index (χ0) is 47.6. The summed E-state index contributed by atoms with van der Waals surface area (Å²) < 4.78 is 0. The van der Waals surface area contributed by atoms with Crippen molar-refractivity contribution in [3.63, 3.8) is 0 Å². The van der Waals surface area contributed by atoms with E-state index in [1.54, 1.807) is 0 Å². The lowest BCUT2D eigenvalue weighted by Gasteiger charge is -2.33. The van der Waals surface area contributed by atoms with Crippen molar-refractivity contribution in [1.82, 2.24) is 0 Å². The smallest absolute Gasteiger partial charge is 0.0726 e. The van der Waals surface area contributed by atoms with E-state index in [-0.39, 0.29) is 0 Å². The van der Waals surface area contributed by atoms with Crippen LogP contribution < -0.4 is 4.90 Å². The first-order valence-corrected chi connectivity index (χ1v) is 25.0. The lowest BCUT2D eigenvalue weighted by molar-refractivity contribution is 0.794. The second kappa shape index (κ2) is 17.0. The molecule has 0 saturated carbocycles. The Morgan fingerprint density at radius 2 is 0.625 bits per heavy atom. The van der Waals surface area contributed by atoms with Gasteiger partial charge in [0.15, 0.2) is 0 Å². The normalized spacial score (nSPS) is 12.6. The first-order chi connectivity index (χ1) is 35.8. The Morgan fingerprint density at radius 1 is 0.222 bits per heavy atom. The monoisotopic (exact) mass is 913 g/mol. The predicted molar refractivity (Wildman–Crippen MR) is 302 cm³/mol. The number of nitrogens with zero attached hydrogens (tertiary/aromatic N) is 1. The molecule has 0 unspecified atom stereocenters. The summed E-state index contributed by atoms with van der Waals surface area (Å²) in [7, 11) is 0. The molecule has 12 aromatic carbocycles. The van der Waals surface area contributed by atoms with Crippen molar-refractivity contribution in [2.24, 2.45) is 0 Å². The van der Waals surface area contributed by atoms with E-state index in [0.717, 1.165) is 22.6 Å². The zero-order valence-electron chi connectivity index (χ0n) is 39.6. The summed E-state index contributed by atoms with van der Waals surface area (Å²) in [5.41, 5.74) is 25.1. The fourth-order valence-electron chi connectivity index (χ4n) is 12.3. The number of fused-ring (bicyclic) bond motifs is 11. The van der Waals surface area contributed by atoms with Gasteiger partial charge in [-0.3, -0.25) is 0 Å². The van der Waals surface area contributed by atoms with Gasteiger partial charge in [-0.25, -0.2) is 0 Å². The fourth-order valence-corrected chi connectivity index (χ4v) is 12.3. The van der Waals surface area contributed by atoms with E-state index in [4.69, 9.17) is 0 Å². The minimum Gasteiger partial charge on any atom is -0.309 e. The Balaban J connectivity index is 1.01. The second-order valence-corrected chi connectivity index (χ2v) is 19.1. The van der Waals surface area contributed by atoms with Crippen LogP contribution in [0.4, 0.5) is 17.1 Å². The molecule has 0 bridgehead atoms. The number of hydrogen-bond acceptors (Lipinski definition) is 1. The van der Waals surface area contributed by atoms with Crippen LogP contribution >= 0.6 is 0 Å². The van der Waals surface area contributed by atoms with Gasteiger partial charge in [0.2, 0.25) is 0 Å². The van der Waals surface area contributed by atoms with Crippen LogP contribution in [0.5, 0.6) is 0 Å². The number of anilines is 3. The van der Waals surface area contributed by atoms with Crippen molar-refractivity contribution in [3.8, 4) is 77.9 Å². The third-order valence-corrected chi connectivity index (χ3v) is 15.3. The van der Waals surface area contributed by atoms with Crippen LogP contribution in [-0.2, 0) is 5.41 Å². The molecule has 0 heterocycles. The van der Waals surface area contributed by atoms with Gasteiger partial charge in [-0.15, -0.1) is 0 Å². The van der Waals surface area contributed by atoms with Crippen LogP contribution in [0.2, 0.25) is 0 Å². The molecule has 0 fully saturated rings. The minimum atomic E-state index is -0.489. The van der Waals surface area contributed by atoms with Gasteiger partial charge in [-0.05, 0) is 124 Å². The van der Waals surface area contributed by atoms with Gasteiger partial charge < -0.3 is 4.90 Å². The van der Waals surface area contributed by atoms with Crippen LogP contribution in [0.15, 0.2) is 285 Å². The summed E-state index contributed by atoms with van der Waals surface area (Å²) in [4.78, 5) is 2.55. The molecular formula is C71H47N. The Bertz CT molecular complexity index is 3970. The van der Waals surface area contributed by atoms with Gasteiger partial charge in [-0.1, -0.05) is 261 Å². The Morgan fingerprint density at radius 3 is 1.29 bits per heavy atom. The fraction of sp³-hybridized carbons (Fsp3) is 0.0141. The van der Waals surface area contributed by atoms with Gasteiger partial charge in [0, 0.05) is 16.8 Å². The van der Waals surface area contributed by atoms with Gasteiger partial charge in [0.1, 0.15) is 0 Å². The average Bonchev–Trinajstić information content (AvgIpc) is 3.94. The van der Waals surface area contributed by atoms with E-state index in [1.807, 2.05) is 0 Å². The zero-order valence-corrected chi connectivity index (χ0v) is 39.6. The first-order valence-electron chi connectivity index (χ1n) is 25.0. The highest BCUT2D eigenvalue weighted by Crippen LogP contribution is 2.65. The molecule has 0 amide bonds. The maximum atomic E-state index is 2.55. The van der Waals surface area contributed by atoms with Crippen LogP contribution in [0.1, 0.15) is 22.3 Å². The molecular weight excluding hydrogens is 867 g/mol. The first kappa shape index (κ1) is 41.7. The number of benzene rings is 12. The lowest BCUT2D eigenvalue weighted by atomic mass is 9.70. The Hall–Kier alpha value is -9.30. The quantitative estimate of drug-likeness (QED) is 0.147. The predicted octanol–water partition coefficient (Wildman–Crippen LogP) is 19.0. The van der Waals surface area contributed by atoms with Crippen LogP contribution in [0.3, 0.4) is 0 Å². The van der Waals surface area contributed by atoms with Gasteiger partial charge in [0.25, 0.3) is 0 Å². The molecule has 0 radical (unpaired) electrons. The summed E-state index contributed by atoms with van der Waals surface area (Å²) in [6.07, 6.45) is 0. The summed E-state index contributed by atoms with van der Waals surface area (Å²) in [6.45, 7) is 0. The van der Waals surface area contributed by atoms with E-state index in [0.29, 0.717) is 0 Å². The van der Waals surface area contributed by atoms with E-state index < -0.39 is 5.41 Å². The minimum absolute atomic E-state index is 0.489. The third-order valence-electron chi connectivity index (χ3n) is 15.3. The maximum Gasteiger partial charge on any atom is 0.0726 e. The van der Waals surface area contributed by atoms with Crippen LogP contribution in [0, 0.1) is 0 Å². The molecule has 0 saturated heterocycles. The summed E-state index contributed by atoms with van der Waals surface area (Å²) in [5.74, 6) is 0. The van der Waals surface area contributed by atoms with Crippen LogP contribution in [-0.4, -0.2) is 0 Å². The average molecular weight is 914 g/mol. The molecule has 0 atom stereocenters. The van der Waals surface area contributed by atoms with E-state index >= 15 is 0 Å². The van der Waals surface area contributed by atoms with Crippen molar-refractivity contribution < 1.29 is 0 Å². The molecule has 2 aliphatic carbocycles. The van der Waals surface area contributed by atoms with Crippen molar-refractivity contribution in [1.29, 1.82) is 0 Å². The largest absolute Gasteiger partial charge is 0.309 e. The van der Waals surface area contributed by atoms with Crippen LogP contribution in [0.25, 0.3) is 88.7 Å². The molecule has 0 aliphatic heterocycles. The molecule has 0 N–H and O–H groups in total. The molecule has 1 heteroatoms. The van der Waals surface area contributed by atoms with Crippen molar-refractivity contribution >= 4 is 27.8 Å². The Labute approximate surface area is 421 Å². The van der Waals surface area contributed by atoms with Crippen molar-refractivity contribution in [2.75, 3.05) is 4.90 Å². The standard InChI is InChI=1S/C71H47N/c1-3-20-50(21-4-1)57-27-9-10-30-61(57)69-58(52-22-5-2-6-23-52)33-18-38-67(69)72(54-46-44-49(45-47-54)48-40-42-53(43-41-48)56-32-17-25-51-24-7-8-26-55(51)56)68-39-19-37-66-70(68)62-31-13-16-36-65(62)71(66)63-34-14-11-28-59(63)60-29-12-15-35-64(60)71/h1-47H. The summed E-state index contributed by atoms with van der Waals surface area (Å²) in [5, 5.41) is 2.52. The molecule has 2 aliphatic rings. The van der Waals surface area contributed by atoms with E-state index in [9.17, 15) is 0 Å². The molecule has 0 aromatic heterocycles. The lowest BCUT2D eigenvalue weighted by Crippen LogP contribution is -2.26. The number of hydrogen-bond donors (Lipinski definition) is 0. The second-order valence-electron chi connectivity index (χ2n) is 19.1. The van der Waals surface area contributed by atoms with E-state index in [2.05, 4.69) is 290 Å². The maximum absolute atomic E-state index is 2.55. The Kier molecular flexibility index (Phi) is 9.82. The summed E-state index contributed by atoms with van der Waals surface area (Å²) >= 11 is 0. The van der Waals surface area contributed by atoms with Crippen molar-refractivity contribution in [2.45, 2.75) is 5.41 Å². The SMILES string of the molecule is c1ccc(-c2ccccc2-c2c(-c3ccccc3)cccc2N(c2ccc(-c3ccc(-c4cccc5ccccc45)cc3)cc2)c2cccc3c2-c2ccccc2C32c3ccccc3-c3ccccc32)cc1. The molecule has 1 spiro atoms. The molecule has 72 heavy (non-hydrogen) atoms.